The number of aldehydes is 1. The van der Waals surface area contributed by atoms with Crippen molar-refractivity contribution < 1.29 is 69.0 Å². The van der Waals surface area contributed by atoms with Crippen LogP contribution >= 0.6 is 0 Å². The Hall–Kier alpha value is -1.56. The summed E-state index contributed by atoms with van der Waals surface area (Å²) in [4.78, 5) is 25.1. The molecule has 4 aliphatic carbocycles. The Morgan fingerprint density at radius 2 is 1.70 bits per heavy atom. The first kappa shape index (κ1) is 36.8. The molecule has 2 saturated heterocycles. The van der Waals surface area contributed by atoms with Crippen molar-refractivity contribution in [3.8, 4) is 0 Å². The van der Waals surface area contributed by atoms with E-state index in [1.165, 1.54) is 0 Å². The molecule has 0 amide bonds. The smallest absolute Gasteiger partial charge is 0.331 e. The quantitative estimate of drug-likeness (QED) is 0.133. The number of carbonyl (C=O) groups excluding carboxylic acids is 2. The molecule has 4 saturated carbocycles. The lowest BCUT2D eigenvalue weighted by molar-refractivity contribution is -0.323. The summed E-state index contributed by atoms with van der Waals surface area (Å²) in [6.45, 7) is 3.57. The molecule has 17 atom stereocenters. The summed E-state index contributed by atoms with van der Waals surface area (Å²) >= 11 is 0. The van der Waals surface area contributed by atoms with Gasteiger partial charge in [-0.2, -0.15) is 0 Å². The van der Waals surface area contributed by atoms with Crippen LogP contribution in [0.15, 0.2) is 11.6 Å². The number of hydrogen-bond acceptors (Lipinski definition) is 14. The van der Waals surface area contributed by atoms with Gasteiger partial charge < -0.3 is 64.2 Å². The Balaban J connectivity index is 1.01. The van der Waals surface area contributed by atoms with Gasteiger partial charge in [0, 0.05) is 24.3 Å². The molecule has 3 aliphatic heterocycles. The van der Waals surface area contributed by atoms with Gasteiger partial charge in [0.2, 0.25) is 0 Å². The van der Waals surface area contributed by atoms with Gasteiger partial charge in [0.25, 0.3) is 0 Å². The molecule has 0 aromatic heterocycles. The topological polar surface area (TPSA) is 222 Å². The molecule has 14 nitrogen and oxygen atoms in total. The Morgan fingerprint density at radius 3 is 2.40 bits per heavy atom. The average molecular weight is 711 g/mol. The molecule has 0 unspecified atom stereocenters. The minimum absolute atomic E-state index is 0.0269. The third kappa shape index (κ3) is 5.64. The Morgan fingerprint density at radius 1 is 0.940 bits per heavy atom. The molecule has 7 aliphatic rings. The van der Waals surface area contributed by atoms with Crippen LogP contribution in [0.3, 0.4) is 0 Å². The zero-order chi connectivity index (χ0) is 35.8. The Labute approximate surface area is 291 Å². The summed E-state index contributed by atoms with van der Waals surface area (Å²) in [5.41, 5.74) is -2.92. The maximum absolute atomic E-state index is 13.2. The van der Waals surface area contributed by atoms with Gasteiger partial charge in [-0.1, -0.05) is 6.92 Å². The molecule has 0 aromatic carbocycles. The minimum atomic E-state index is -1.63. The van der Waals surface area contributed by atoms with E-state index in [2.05, 4.69) is 6.92 Å². The second-order valence-electron chi connectivity index (χ2n) is 16.5. The molecule has 50 heavy (non-hydrogen) atoms. The summed E-state index contributed by atoms with van der Waals surface area (Å²) in [6, 6.07) is 0. The SMILES string of the molecule is C[C@@H]1OC[C@H](O[C@H]2CC[C@]3(C=O)[C@H]4CC[C@]5(C)[C@@H](C6=CC(=O)OC6)CC[C@]5(O)[C@H]4CC[C@]3(O)C2)C[C@H](O)[C@H]1O[C@@H]1O[C@H](CO)[C@@H](O)[C@H](O)[C@H]1O. The number of rotatable bonds is 7. The van der Waals surface area contributed by atoms with Gasteiger partial charge in [-0.15, -0.1) is 0 Å². The molecule has 0 aromatic rings. The van der Waals surface area contributed by atoms with Crippen LogP contribution in [0, 0.1) is 28.6 Å². The predicted octanol–water partition coefficient (Wildman–Crippen LogP) is -0.354. The van der Waals surface area contributed by atoms with Crippen LogP contribution in [0.2, 0.25) is 0 Å². The zero-order valence-electron chi connectivity index (χ0n) is 28.8. The molecular weight excluding hydrogens is 656 g/mol. The molecule has 6 fully saturated rings. The fraction of sp³-hybridized carbons (Fsp3) is 0.889. The van der Waals surface area contributed by atoms with Crippen molar-refractivity contribution in [2.45, 2.75) is 150 Å². The highest BCUT2D eigenvalue weighted by atomic mass is 16.7. The monoisotopic (exact) mass is 710 g/mol. The fourth-order valence-electron chi connectivity index (χ4n) is 11.5. The van der Waals surface area contributed by atoms with Crippen molar-refractivity contribution in [2.24, 2.45) is 28.6 Å². The first-order valence-electron chi connectivity index (χ1n) is 18.4. The highest BCUT2D eigenvalue weighted by Crippen LogP contribution is 2.70. The number of carbonyl (C=O) groups is 2. The summed E-state index contributed by atoms with van der Waals surface area (Å²) in [7, 11) is 0. The zero-order valence-corrected chi connectivity index (χ0v) is 28.8. The van der Waals surface area contributed by atoms with Crippen molar-refractivity contribution in [2.75, 3.05) is 19.8 Å². The largest absolute Gasteiger partial charge is 0.458 e. The van der Waals surface area contributed by atoms with E-state index < -0.39 is 89.9 Å². The predicted molar refractivity (Wildman–Crippen MR) is 171 cm³/mol. The molecule has 282 valence electrons. The number of fused-ring (bicyclic) bond motifs is 5. The maximum Gasteiger partial charge on any atom is 0.331 e. The van der Waals surface area contributed by atoms with E-state index in [0.717, 1.165) is 18.3 Å². The van der Waals surface area contributed by atoms with E-state index in [1.54, 1.807) is 13.0 Å². The number of cyclic esters (lactones) is 1. The summed E-state index contributed by atoms with van der Waals surface area (Å²) in [5, 5.41) is 76.3. The van der Waals surface area contributed by atoms with Gasteiger partial charge in [-0.3, -0.25) is 0 Å². The standard InChI is InChI=1S/C36H54O14/c1-18-31(50-32-30(43)29(42)28(41)26(14-37)49-32)25(39)12-21(16-46-18)48-20-3-8-34(17-38)23-4-7-33(2)22(19-11-27(40)47-15-19)6-10-36(33,45)24(23)5-9-35(34,44)13-20/h11,17-18,20-26,28-32,37,39,41-45H,3-10,12-16H2,1-2H3/t18-,20-,21+,22+,23-,24-,25-,26+,28+,29-,30+,31-,32-,33+,34-,35-,36-/m0/s1. The van der Waals surface area contributed by atoms with E-state index >= 15 is 0 Å². The van der Waals surface area contributed by atoms with Crippen LogP contribution in [-0.4, -0.2) is 140 Å². The number of ether oxygens (including phenoxy) is 5. The van der Waals surface area contributed by atoms with E-state index in [1.807, 2.05) is 0 Å². The number of aliphatic hydroxyl groups is 7. The van der Waals surface area contributed by atoms with Gasteiger partial charge >= 0.3 is 5.97 Å². The molecule has 0 bridgehead atoms. The highest BCUT2D eigenvalue weighted by Gasteiger charge is 2.71. The summed E-state index contributed by atoms with van der Waals surface area (Å²) < 4.78 is 29.1. The highest BCUT2D eigenvalue weighted by molar-refractivity contribution is 5.85. The molecule has 14 heteroatoms. The molecule has 7 N–H and O–H groups in total. The van der Waals surface area contributed by atoms with Gasteiger partial charge in [-0.25, -0.2) is 4.79 Å². The van der Waals surface area contributed by atoms with Gasteiger partial charge in [-0.05, 0) is 81.6 Å². The maximum atomic E-state index is 13.2. The second kappa shape index (κ2) is 13.4. The number of aliphatic hydroxyl groups excluding tert-OH is 5. The first-order valence-corrected chi connectivity index (χ1v) is 18.4. The molecule has 7 rings (SSSR count). The number of esters is 1. The van der Waals surface area contributed by atoms with Crippen molar-refractivity contribution in [3.05, 3.63) is 11.6 Å². The van der Waals surface area contributed by atoms with Crippen LogP contribution in [-0.2, 0) is 33.3 Å². The molecule has 0 radical (unpaired) electrons. The Kier molecular flexibility index (Phi) is 9.84. The first-order chi connectivity index (χ1) is 23.7. The lowest BCUT2D eigenvalue weighted by atomic mass is 9.41. The van der Waals surface area contributed by atoms with E-state index in [-0.39, 0.29) is 49.8 Å². The average Bonchev–Trinajstić information content (AvgIpc) is 3.60. The van der Waals surface area contributed by atoms with Crippen molar-refractivity contribution in [3.63, 3.8) is 0 Å². The van der Waals surface area contributed by atoms with Gasteiger partial charge in [0.05, 0.1) is 54.2 Å². The molecular formula is C36H54O14. The number of hydrogen-bond donors (Lipinski definition) is 7. The lowest BCUT2D eigenvalue weighted by Gasteiger charge is -2.65. The van der Waals surface area contributed by atoms with Gasteiger partial charge in [0.1, 0.15) is 43.4 Å². The van der Waals surface area contributed by atoms with Crippen LogP contribution in [0.1, 0.15) is 78.1 Å². The van der Waals surface area contributed by atoms with Crippen LogP contribution in [0.4, 0.5) is 0 Å². The molecule has 3 heterocycles. The van der Waals surface area contributed by atoms with Crippen LogP contribution in [0.25, 0.3) is 0 Å². The third-order valence-corrected chi connectivity index (χ3v) is 14.2. The Bertz CT molecular complexity index is 1330. The van der Waals surface area contributed by atoms with E-state index in [4.69, 9.17) is 23.7 Å². The molecule has 0 spiro atoms. The minimum Gasteiger partial charge on any atom is -0.458 e. The van der Waals surface area contributed by atoms with Gasteiger partial charge in [0.15, 0.2) is 6.29 Å². The lowest BCUT2D eigenvalue weighted by Crippen LogP contribution is -2.69. The van der Waals surface area contributed by atoms with Crippen molar-refractivity contribution >= 4 is 12.3 Å². The van der Waals surface area contributed by atoms with Crippen LogP contribution < -0.4 is 0 Å². The van der Waals surface area contributed by atoms with Crippen molar-refractivity contribution in [1.29, 1.82) is 0 Å². The second-order valence-corrected chi connectivity index (χ2v) is 16.5. The van der Waals surface area contributed by atoms with E-state index in [0.29, 0.717) is 44.9 Å². The summed E-state index contributed by atoms with van der Waals surface area (Å²) in [6.07, 6.45) is -3.81. The fourth-order valence-corrected chi connectivity index (χ4v) is 11.5. The normalized spacial score (nSPS) is 53.7. The third-order valence-electron chi connectivity index (χ3n) is 14.2. The van der Waals surface area contributed by atoms with Crippen LogP contribution in [0.5, 0.6) is 0 Å². The summed E-state index contributed by atoms with van der Waals surface area (Å²) in [5.74, 6) is -0.675. The van der Waals surface area contributed by atoms with E-state index in [9.17, 15) is 45.3 Å². The van der Waals surface area contributed by atoms with Crippen molar-refractivity contribution in [1.82, 2.24) is 0 Å².